The molecule has 0 aliphatic rings. The molecule has 150 valence electrons. The van der Waals surface area contributed by atoms with Crippen LogP contribution in [0.5, 0.6) is 0 Å². The lowest BCUT2D eigenvalue weighted by Gasteiger charge is -2.09. The SMILES string of the molecule is CCCNC(=O)c1sc(-c2ccc(NC(=O)NCC)nc2)nc1C(=O)N(C)C. The number of hydrogen-bond donors (Lipinski definition) is 3. The highest BCUT2D eigenvalue weighted by molar-refractivity contribution is 7.17. The van der Waals surface area contributed by atoms with E-state index >= 15 is 0 Å². The minimum absolute atomic E-state index is 0.114. The molecular weight excluding hydrogens is 380 g/mol. The van der Waals surface area contributed by atoms with Crippen molar-refractivity contribution in [2.24, 2.45) is 0 Å². The van der Waals surface area contributed by atoms with Gasteiger partial charge in [0.15, 0.2) is 5.69 Å². The molecule has 2 heterocycles. The summed E-state index contributed by atoms with van der Waals surface area (Å²) in [5.41, 5.74) is 0.761. The summed E-state index contributed by atoms with van der Waals surface area (Å²) in [6.45, 7) is 4.80. The van der Waals surface area contributed by atoms with Crippen molar-refractivity contribution in [3.05, 3.63) is 28.9 Å². The third-order valence-corrected chi connectivity index (χ3v) is 4.67. The van der Waals surface area contributed by atoms with E-state index in [9.17, 15) is 14.4 Å². The number of aromatic nitrogens is 2. The van der Waals surface area contributed by atoms with Gasteiger partial charge in [-0.2, -0.15) is 0 Å². The fourth-order valence-corrected chi connectivity index (χ4v) is 3.15. The van der Waals surface area contributed by atoms with Crippen molar-refractivity contribution in [1.29, 1.82) is 0 Å². The van der Waals surface area contributed by atoms with Gasteiger partial charge in [-0.25, -0.2) is 14.8 Å². The highest BCUT2D eigenvalue weighted by Crippen LogP contribution is 2.29. The molecule has 9 nitrogen and oxygen atoms in total. The summed E-state index contributed by atoms with van der Waals surface area (Å²) < 4.78 is 0. The van der Waals surface area contributed by atoms with Crippen molar-refractivity contribution in [2.75, 3.05) is 32.5 Å². The number of rotatable bonds is 7. The highest BCUT2D eigenvalue weighted by Gasteiger charge is 2.25. The Kier molecular flexibility index (Phi) is 7.44. The number of hydrogen-bond acceptors (Lipinski definition) is 6. The minimum atomic E-state index is -0.342. The van der Waals surface area contributed by atoms with Crippen LogP contribution in [0.3, 0.4) is 0 Å². The number of carbonyl (C=O) groups is 3. The molecule has 0 unspecified atom stereocenters. The van der Waals surface area contributed by atoms with Crippen LogP contribution in [-0.2, 0) is 0 Å². The van der Waals surface area contributed by atoms with Gasteiger partial charge in [0.1, 0.15) is 15.7 Å². The summed E-state index contributed by atoms with van der Waals surface area (Å²) in [6, 6.07) is 3.02. The third kappa shape index (κ3) is 5.26. The molecule has 0 bridgehead atoms. The molecule has 2 aromatic heterocycles. The van der Waals surface area contributed by atoms with Crippen molar-refractivity contribution >= 4 is 35.0 Å². The van der Waals surface area contributed by atoms with Gasteiger partial charge in [-0.3, -0.25) is 14.9 Å². The number of urea groups is 1. The van der Waals surface area contributed by atoms with Gasteiger partial charge < -0.3 is 15.5 Å². The molecule has 0 saturated carbocycles. The van der Waals surface area contributed by atoms with Crippen molar-refractivity contribution in [3.63, 3.8) is 0 Å². The number of anilines is 1. The summed E-state index contributed by atoms with van der Waals surface area (Å²) in [6.07, 6.45) is 2.33. The lowest BCUT2D eigenvalue weighted by molar-refractivity contribution is 0.0814. The second kappa shape index (κ2) is 9.79. The molecular formula is C18H24N6O3S. The van der Waals surface area contributed by atoms with E-state index in [0.717, 1.165) is 17.8 Å². The van der Waals surface area contributed by atoms with Crippen LogP contribution in [0.4, 0.5) is 10.6 Å². The Morgan fingerprint density at radius 2 is 1.89 bits per heavy atom. The van der Waals surface area contributed by atoms with E-state index in [1.165, 1.54) is 11.1 Å². The standard InChI is InChI=1S/C18H24N6O3S/c1-5-9-20-15(25)14-13(17(26)24(3)4)23-16(28-14)11-7-8-12(21-10-11)22-18(27)19-6-2/h7-8,10H,5-6,9H2,1-4H3,(H,20,25)(H2,19,21,22,27). The molecule has 2 aromatic rings. The van der Waals surface area contributed by atoms with Crippen LogP contribution < -0.4 is 16.0 Å². The van der Waals surface area contributed by atoms with Gasteiger partial charge in [0.2, 0.25) is 0 Å². The molecule has 0 radical (unpaired) electrons. The fraction of sp³-hybridized carbons (Fsp3) is 0.389. The first kappa shape index (κ1) is 21.3. The van der Waals surface area contributed by atoms with Crippen molar-refractivity contribution < 1.29 is 14.4 Å². The van der Waals surface area contributed by atoms with Crippen LogP contribution >= 0.6 is 11.3 Å². The number of thiazole rings is 1. The van der Waals surface area contributed by atoms with E-state index in [4.69, 9.17) is 0 Å². The number of nitrogens with zero attached hydrogens (tertiary/aromatic N) is 3. The van der Waals surface area contributed by atoms with Crippen molar-refractivity contribution in [1.82, 2.24) is 25.5 Å². The average Bonchev–Trinajstić information content (AvgIpc) is 3.11. The van der Waals surface area contributed by atoms with E-state index < -0.39 is 0 Å². The number of nitrogens with one attached hydrogen (secondary N) is 3. The molecule has 0 aliphatic heterocycles. The van der Waals surface area contributed by atoms with Crippen LogP contribution in [0.2, 0.25) is 0 Å². The molecule has 0 aromatic carbocycles. The first-order chi connectivity index (χ1) is 13.4. The maximum atomic E-state index is 12.5. The van der Waals surface area contributed by atoms with Gasteiger partial charge in [-0.15, -0.1) is 11.3 Å². The van der Waals surface area contributed by atoms with Crippen LogP contribution in [0, 0.1) is 0 Å². The van der Waals surface area contributed by atoms with Crippen molar-refractivity contribution in [3.8, 4) is 10.6 Å². The number of amides is 4. The lowest BCUT2D eigenvalue weighted by atomic mass is 10.2. The average molecular weight is 404 g/mol. The zero-order chi connectivity index (χ0) is 20.7. The Hall–Kier alpha value is -3.01. The zero-order valence-corrected chi connectivity index (χ0v) is 17.1. The fourth-order valence-electron chi connectivity index (χ4n) is 2.19. The number of pyridine rings is 1. The van der Waals surface area contributed by atoms with E-state index in [1.807, 2.05) is 13.8 Å². The molecule has 2 rings (SSSR count). The largest absolute Gasteiger partial charge is 0.351 e. The van der Waals surface area contributed by atoms with E-state index in [1.54, 1.807) is 26.2 Å². The smallest absolute Gasteiger partial charge is 0.320 e. The summed E-state index contributed by atoms with van der Waals surface area (Å²) in [4.78, 5) is 46.7. The molecule has 3 N–H and O–H groups in total. The second-order valence-corrected chi connectivity index (χ2v) is 7.07. The summed E-state index contributed by atoms with van der Waals surface area (Å²) in [5, 5.41) is 8.51. The first-order valence-corrected chi connectivity index (χ1v) is 9.70. The normalized spacial score (nSPS) is 10.3. The minimum Gasteiger partial charge on any atom is -0.351 e. The summed E-state index contributed by atoms with van der Waals surface area (Å²) >= 11 is 1.13. The van der Waals surface area contributed by atoms with E-state index in [2.05, 4.69) is 25.9 Å². The first-order valence-electron chi connectivity index (χ1n) is 8.89. The van der Waals surface area contributed by atoms with Crippen molar-refractivity contribution in [2.45, 2.75) is 20.3 Å². The lowest BCUT2D eigenvalue weighted by Crippen LogP contribution is -2.28. The summed E-state index contributed by atoms with van der Waals surface area (Å²) in [7, 11) is 3.22. The van der Waals surface area contributed by atoms with Gasteiger partial charge in [0.05, 0.1) is 0 Å². The highest BCUT2D eigenvalue weighted by atomic mass is 32.1. The van der Waals surface area contributed by atoms with E-state index in [0.29, 0.717) is 29.5 Å². The Morgan fingerprint density at radius 1 is 1.14 bits per heavy atom. The maximum absolute atomic E-state index is 12.5. The van der Waals surface area contributed by atoms with Crippen LogP contribution in [-0.4, -0.2) is 59.9 Å². The Morgan fingerprint density at radius 3 is 2.46 bits per heavy atom. The van der Waals surface area contributed by atoms with Crippen LogP contribution in [0.15, 0.2) is 18.3 Å². The van der Waals surface area contributed by atoms with Gasteiger partial charge in [0, 0.05) is 38.9 Å². The molecule has 0 saturated heterocycles. The molecule has 0 spiro atoms. The van der Waals surface area contributed by atoms with Gasteiger partial charge in [0.25, 0.3) is 11.8 Å². The Labute approximate surface area is 167 Å². The molecule has 0 fully saturated rings. The molecule has 10 heteroatoms. The molecule has 0 atom stereocenters. The van der Waals surface area contributed by atoms with Gasteiger partial charge in [-0.05, 0) is 25.5 Å². The van der Waals surface area contributed by atoms with Gasteiger partial charge >= 0.3 is 6.03 Å². The molecule has 0 aliphatic carbocycles. The third-order valence-electron chi connectivity index (χ3n) is 3.57. The molecule has 4 amide bonds. The zero-order valence-electron chi connectivity index (χ0n) is 16.3. The van der Waals surface area contributed by atoms with Crippen LogP contribution in [0.1, 0.15) is 40.4 Å². The number of carbonyl (C=O) groups excluding carboxylic acids is 3. The topological polar surface area (TPSA) is 116 Å². The molecule has 28 heavy (non-hydrogen) atoms. The quantitative estimate of drug-likeness (QED) is 0.654. The van der Waals surface area contributed by atoms with E-state index in [-0.39, 0.29) is 28.4 Å². The maximum Gasteiger partial charge on any atom is 0.320 e. The van der Waals surface area contributed by atoms with Crippen LogP contribution in [0.25, 0.3) is 10.6 Å². The predicted molar refractivity (Wildman–Crippen MR) is 109 cm³/mol. The van der Waals surface area contributed by atoms with Gasteiger partial charge in [-0.1, -0.05) is 6.92 Å². The summed E-state index contributed by atoms with van der Waals surface area (Å²) in [5.74, 6) is -0.276. The Balaban J connectivity index is 2.31. The monoisotopic (exact) mass is 404 g/mol. The second-order valence-electron chi connectivity index (χ2n) is 6.07. The Bertz CT molecular complexity index is 848. The predicted octanol–water partition coefficient (Wildman–Crippen LogP) is 2.19.